The lowest BCUT2D eigenvalue weighted by Crippen LogP contribution is -2.74. The molecule has 21 heteroatoms. The van der Waals surface area contributed by atoms with E-state index in [1.807, 2.05) is 5.32 Å². The summed E-state index contributed by atoms with van der Waals surface area (Å²) < 4.78 is 224. The maximum atomic E-state index is 13.8. The Morgan fingerprint density at radius 1 is 0.514 bits per heavy atom. The molecule has 224 valence electrons. The molecule has 1 unspecified atom stereocenters. The van der Waals surface area contributed by atoms with Gasteiger partial charge in [-0.3, -0.25) is 0 Å². The van der Waals surface area contributed by atoms with Crippen molar-refractivity contribution in [2.75, 3.05) is 19.8 Å². The average Bonchev–Trinajstić information content (AvgIpc) is 2.70. The van der Waals surface area contributed by atoms with Crippen LogP contribution < -0.4 is 5.32 Å². The van der Waals surface area contributed by atoms with Crippen LogP contribution in [0.5, 0.6) is 0 Å². The standard InChI is InChI=1S/C16H18F17NO3/c17-9(18,5-8(37)6-34-7(1-3-35)2-4-36)10(19,20)11(21,22)12(23,24)13(25,26)14(27,28)15(29,30)16(31,32)33/h7-8,34-37H,1-6H2. The lowest BCUT2D eigenvalue weighted by atomic mass is 9.87. The van der Waals surface area contributed by atoms with Crippen LogP contribution >= 0.6 is 0 Å². The van der Waals surface area contributed by atoms with Crippen LogP contribution in [0.2, 0.25) is 0 Å². The monoisotopic (exact) mass is 595 g/mol. The topological polar surface area (TPSA) is 72.7 Å². The second-order valence-electron chi connectivity index (χ2n) is 7.64. The van der Waals surface area contributed by atoms with E-state index in [1.54, 1.807) is 0 Å². The Hall–Kier alpha value is -1.35. The number of alkyl halides is 17. The third-order valence-electron chi connectivity index (χ3n) is 4.88. The lowest BCUT2D eigenvalue weighted by Gasteiger charge is -2.43. The van der Waals surface area contributed by atoms with E-state index in [2.05, 4.69) is 0 Å². The SMILES string of the molecule is OCCC(CCO)NCC(O)CC(F)(F)C(F)(F)C(F)(F)C(F)(F)C(F)(F)C(F)(F)C(F)(F)C(F)(F)F. The van der Waals surface area contributed by atoms with Gasteiger partial charge in [0.05, 0.1) is 6.10 Å². The molecule has 0 heterocycles. The van der Waals surface area contributed by atoms with E-state index in [9.17, 15) is 79.7 Å². The summed E-state index contributed by atoms with van der Waals surface area (Å²) in [5, 5.41) is 28.9. The van der Waals surface area contributed by atoms with E-state index in [4.69, 9.17) is 10.2 Å². The van der Waals surface area contributed by atoms with E-state index in [0.717, 1.165) is 0 Å². The molecule has 4 N–H and O–H groups in total. The number of aliphatic hydroxyl groups is 3. The molecule has 0 amide bonds. The molecule has 4 nitrogen and oxygen atoms in total. The Labute approximate surface area is 195 Å². The fourth-order valence-corrected chi connectivity index (χ4v) is 2.66. The molecule has 0 aromatic heterocycles. The first kappa shape index (κ1) is 35.6. The molecule has 0 rings (SSSR count). The summed E-state index contributed by atoms with van der Waals surface area (Å²) >= 11 is 0. The smallest absolute Gasteiger partial charge is 0.396 e. The van der Waals surface area contributed by atoms with Gasteiger partial charge in [0.15, 0.2) is 0 Å². The highest BCUT2D eigenvalue weighted by atomic mass is 19.4. The molecule has 0 aliphatic carbocycles. The molecule has 0 aromatic carbocycles. The molecule has 0 aromatic rings. The predicted molar refractivity (Wildman–Crippen MR) is 86.5 cm³/mol. The minimum absolute atomic E-state index is 0.268. The minimum Gasteiger partial charge on any atom is -0.396 e. The van der Waals surface area contributed by atoms with Gasteiger partial charge in [0.2, 0.25) is 0 Å². The molecule has 0 aliphatic heterocycles. The zero-order chi connectivity index (χ0) is 30.1. The van der Waals surface area contributed by atoms with Crippen molar-refractivity contribution in [2.24, 2.45) is 0 Å². The van der Waals surface area contributed by atoms with Gasteiger partial charge in [-0.2, -0.15) is 74.6 Å². The van der Waals surface area contributed by atoms with Crippen LogP contribution in [0, 0.1) is 0 Å². The Morgan fingerprint density at radius 2 is 0.838 bits per heavy atom. The Balaban J connectivity index is 6.20. The lowest BCUT2D eigenvalue weighted by molar-refractivity contribution is -0.462. The molecule has 0 saturated heterocycles. The van der Waals surface area contributed by atoms with E-state index in [1.165, 1.54) is 0 Å². The van der Waals surface area contributed by atoms with E-state index >= 15 is 0 Å². The zero-order valence-corrected chi connectivity index (χ0v) is 17.7. The van der Waals surface area contributed by atoms with Gasteiger partial charge in [0.25, 0.3) is 0 Å². The summed E-state index contributed by atoms with van der Waals surface area (Å²) in [7, 11) is 0. The highest BCUT2D eigenvalue weighted by molar-refractivity contribution is 5.15. The van der Waals surface area contributed by atoms with Crippen LogP contribution in [0.4, 0.5) is 74.6 Å². The van der Waals surface area contributed by atoms with Crippen molar-refractivity contribution >= 4 is 0 Å². The number of hydrogen-bond donors (Lipinski definition) is 4. The molecular weight excluding hydrogens is 577 g/mol. The maximum Gasteiger partial charge on any atom is 0.460 e. The van der Waals surface area contributed by atoms with Crippen LogP contribution in [-0.2, 0) is 0 Å². The first-order valence-electron chi connectivity index (χ1n) is 9.48. The summed E-state index contributed by atoms with van der Waals surface area (Å²) in [6.07, 6.45) is -14.3. The zero-order valence-electron chi connectivity index (χ0n) is 17.7. The van der Waals surface area contributed by atoms with E-state index in [-0.39, 0.29) is 12.8 Å². The van der Waals surface area contributed by atoms with Gasteiger partial charge in [-0.05, 0) is 12.8 Å². The third-order valence-corrected chi connectivity index (χ3v) is 4.88. The van der Waals surface area contributed by atoms with Crippen molar-refractivity contribution in [2.45, 2.75) is 79.0 Å². The second kappa shape index (κ2) is 11.0. The van der Waals surface area contributed by atoms with Crippen molar-refractivity contribution in [3.8, 4) is 0 Å². The summed E-state index contributed by atoms with van der Waals surface area (Å²) in [5.74, 6) is -57.1. The van der Waals surface area contributed by atoms with Crippen molar-refractivity contribution < 1.29 is 90.0 Å². The Morgan fingerprint density at radius 3 is 1.16 bits per heavy atom. The van der Waals surface area contributed by atoms with Crippen molar-refractivity contribution in [1.29, 1.82) is 0 Å². The number of nitrogens with one attached hydrogen (secondary N) is 1. The first-order chi connectivity index (χ1) is 16.1. The average molecular weight is 595 g/mol. The molecule has 0 radical (unpaired) electrons. The van der Waals surface area contributed by atoms with Crippen molar-refractivity contribution in [1.82, 2.24) is 5.32 Å². The van der Waals surface area contributed by atoms with Gasteiger partial charge < -0.3 is 20.6 Å². The Bertz CT molecular complexity index is 735. The van der Waals surface area contributed by atoms with Gasteiger partial charge in [0.1, 0.15) is 0 Å². The van der Waals surface area contributed by atoms with Crippen LogP contribution in [0.15, 0.2) is 0 Å². The van der Waals surface area contributed by atoms with Crippen molar-refractivity contribution in [3.05, 3.63) is 0 Å². The molecular formula is C16H18F17NO3. The van der Waals surface area contributed by atoms with E-state index < -0.39 is 86.0 Å². The fraction of sp³-hybridized carbons (Fsp3) is 1.00. The number of halogens is 17. The maximum absolute atomic E-state index is 13.8. The van der Waals surface area contributed by atoms with Crippen LogP contribution in [0.25, 0.3) is 0 Å². The number of hydrogen-bond acceptors (Lipinski definition) is 4. The number of aliphatic hydroxyl groups excluding tert-OH is 3. The molecule has 0 saturated carbocycles. The van der Waals surface area contributed by atoms with Crippen LogP contribution in [0.1, 0.15) is 19.3 Å². The van der Waals surface area contributed by atoms with Crippen LogP contribution in [0.3, 0.4) is 0 Å². The fourth-order valence-electron chi connectivity index (χ4n) is 2.66. The summed E-state index contributed by atoms with van der Waals surface area (Å²) in [6.45, 7) is -2.53. The van der Waals surface area contributed by atoms with Crippen molar-refractivity contribution in [3.63, 3.8) is 0 Å². The predicted octanol–water partition coefficient (Wildman–Crippen LogP) is 4.47. The molecule has 0 aliphatic rings. The molecule has 0 bridgehead atoms. The molecule has 0 fully saturated rings. The van der Waals surface area contributed by atoms with Gasteiger partial charge >= 0.3 is 47.6 Å². The Kier molecular flexibility index (Phi) is 10.6. The molecule has 0 spiro atoms. The van der Waals surface area contributed by atoms with Gasteiger partial charge in [-0.15, -0.1) is 0 Å². The normalized spacial score (nSPS) is 16.5. The van der Waals surface area contributed by atoms with Crippen LogP contribution in [-0.4, -0.2) is 94.9 Å². The third kappa shape index (κ3) is 6.13. The second-order valence-corrected chi connectivity index (χ2v) is 7.64. The number of rotatable bonds is 15. The van der Waals surface area contributed by atoms with Gasteiger partial charge in [-0.25, -0.2) is 0 Å². The quantitative estimate of drug-likeness (QED) is 0.211. The highest BCUT2D eigenvalue weighted by Crippen LogP contribution is 2.64. The summed E-state index contributed by atoms with van der Waals surface area (Å²) in [4.78, 5) is 0. The highest BCUT2D eigenvalue weighted by Gasteiger charge is 2.95. The minimum atomic E-state index is -8.70. The summed E-state index contributed by atoms with van der Waals surface area (Å²) in [6, 6.07) is -1.03. The van der Waals surface area contributed by atoms with Gasteiger partial charge in [-0.1, -0.05) is 0 Å². The van der Waals surface area contributed by atoms with E-state index in [0.29, 0.717) is 0 Å². The molecule has 1 atom stereocenters. The molecule has 37 heavy (non-hydrogen) atoms. The first-order valence-corrected chi connectivity index (χ1v) is 9.48. The summed E-state index contributed by atoms with van der Waals surface area (Å²) in [5.41, 5.74) is 0. The van der Waals surface area contributed by atoms with Gasteiger partial charge in [0, 0.05) is 32.2 Å². The largest absolute Gasteiger partial charge is 0.460 e.